The van der Waals surface area contributed by atoms with Crippen LogP contribution in [0, 0.1) is 0 Å². The number of hydrogen-bond donors (Lipinski definition) is 0. The average Bonchev–Trinajstić information content (AvgIpc) is 3.10. The predicted molar refractivity (Wildman–Crippen MR) is 207 cm³/mol. The summed E-state index contributed by atoms with van der Waals surface area (Å²) in [6.45, 7) is 9.04. The molecule has 2 rings (SSSR count). The first kappa shape index (κ1) is 40.5. The fourth-order valence-electron chi connectivity index (χ4n) is 6.79. The van der Waals surface area contributed by atoms with Crippen molar-refractivity contribution in [2.45, 2.75) is 188 Å². The van der Waals surface area contributed by atoms with E-state index in [-0.39, 0.29) is 0 Å². The molecule has 0 radical (unpaired) electrons. The topological polar surface area (TPSA) is 36.4 Å². The lowest BCUT2D eigenvalue weighted by atomic mass is 9.84. The second-order valence-corrected chi connectivity index (χ2v) is 14.0. The van der Waals surface area contributed by atoms with Crippen molar-refractivity contribution in [2.75, 3.05) is 0 Å². The lowest BCUT2D eigenvalue weighted by Gasteiger charge is -2.18. The van der Waals surface area contributed by atoms with E-state index in [1.165, 1.54) is 143 Å². The molecule has 0 atom stereocenters. The summed E-state index contributed by atoms with van der Waals surface area (Å²) in [5.74, 6) is 3.02. The summed E-state index contributed by atoms with van der Waals surface area (Å²) in [4.78, 5) is 3.44. The van der Waals surface area contributed by atoms with Gasteiger partial charge in [0, 0.05) is 0 Å². The first-order valence-electron chi connectivity index (χ1n) is 20.1. The molecule has 0 heterocycles. The molecule has 2 aromatic rings. The molecule has 0 fully saturated rings. The summed E-state index contributed by atoms with van der Waals surface area (Å²) < 4.78 is 0. The molecule has 2 aromatic carbocycles. The summed E-state index contributed by atoms with van der Waals surface area (Å²) in [6, 6.07) is 18.6. The van der Waals surface area contributed by atoms with Crippen LogP contribution in [0.2, 0.25) is 0 Å². The molecule has 0 amide bonds. The Kier molecular flexibility index (Phi) is 23.5. The minimum Gasteiger partial charge on any atom is -0.348 e. The molecule has 47 heavy (non-hydrogen) atoms. The Labute approximate surface area is 291 Å². The van der Waals surface area contributed by atoms with Gasteiger partial charge >= 0.3 is 5.87 Å². The van der Waals surface area contributed by atoms with E-state index in [1.54, 1.807) is 0 Å². The molecule has 0 saturated carbocycles. The zero-order chi connectivity index (χ0) is 33.8. The van der Waals surface area contributed by atoms with E-state index in [0.29, 0.717) is 0 Å². The number of nitrogens with zero attached hydrogens (tertiary/aromatic N) is 2. The van der Waals surface area contributed by atoms with Gasteiger partial charge in [0.2, 0.25) is 0 Å². The van der Waals surface area contributed by atoms with Crippen LogP contribution in [0.15, 0.2) is 59.7 Å². The number of aryl methyl sites for hydroxylation is 2. The Morgan fingerprint density at radius 3 is 1.57 bits per heavy atom. The van der Waals surface area contributed by atoms with Gasteiger partial charge in [0.05, 0.1) is 5.57 Å². The van der Waals surface area contributed by atoms with Gasteiger partial charge in [-0.15, -0.1) is 4.79 Å². The standard InChI is InChI=1S/C45H70N2/c1-5-9-13-14-15-16-17-18-19-20-21-22-23-24-25-28-40-29-26-31-42(37-40)45(41-35-33-39(34-36-41)27-10-6-2)44(32-12-8-4)43(38-47-46)30-11-7-3/h26,29,31,33-37H,5-25,27-28,30,32H2,1-4H3. The molecule has 0 aliphatic carbocycles. The molecule has 0 aromatic heterocycles. The van der Waals surface area contributed by atoms with Crippen molar-refractivity contribution < 1.29 is 4.79 Å². The van der Waals surface area contributed by atoms with Crippen LogP contribution in [0.1, 0.15) is 198 Å². The van der Waals surface area contributed by atoms with Crippen molar-refractivity contribution in [1.82, 2.24) is 0 Å². The maximum atomic E-state index is 9.63. The Hall–Kier alpha value is -2.66. The lowest BCUT2D eigenvalue weighted by Crippen LogP contribution is -2.02. The van der Waals surface area contributed by atoms with Crippen molar-refractivity contribution in [3.63, 3.8) is 0 Å². The van der Waals surface area contributed by atoms with Gasteiger partial charge in [-0.3, -0.25) is 0 Å². The fraction of sp³-hybridized carbons (Fsp3) is 0.644. The maximum Gasteiger partial charge on any atom is 0.303 e. The molecule has 0 saturated heterocycles. The van der Waals surface area contributed by atoms with Crippen LogP contribution in [0.25, 0.3) is 11.1 Å². The second-order valence-electron chi connectivity index (χ2n) is 14.0. The van der Waals surface area contributed by atoms with E-state index >= 15 is 0 Å². The van der Waals surface area contributed by atoms with Gasteiger partial charge in [0.1, 0.15) is 0 Å². The Balaban J connectivity index is 2.07. The Morgan fingerprint density at radius 2 is 1.02 bits per heavy atom. The minimum absolute atomic E-state index is 0.885. The first-order valence-corrected chi connectivity index (χ1v) is 20.1. The molecule has 0 bridgehead atoms. The Morgan fingerprint density at radius 1 is 0.511 bits per heavy atom. The number of benzene rings is 2. The summed E-state index contributed by atoms with van der Waals surface area (Å²) in [5.41, 5.74) is 18.7. The van der Waals surface area contributed by atoms with Gasteiger partial charge in [-0.1, -0.05) is 185 Å². The number of allylic oxidation sites excluding steroid dienone is 2. The van der Waals surface area contributed by atoms with Crippen LogP contribution in [0.3, 0.4) is 0 Å². The molecular formula is C45H70N2. The van der Waals surface area contributed by atoms with E-state index in [1.807, 2.05) is 0 Å². The molecule has 0 aliphatic heterocycles. The van der Waals surface area contributed by atoms with Crippen LogP contribution in [0.4, 0.5) is 0 Å². The minimum atomic E-state index is 0.885. The zero-order valence-electron chi connectivity index (χ0n) is 31.2. The summed E-state index contributed by atoms with van der Waals surface area (Å²) >= 11 is 0. The average molecular weight is 639 g/mol. The third-order valence-corrected chi connectivity index (χ3v) is 9.76. The summed E-state index contributed by atoms with van der Waals surface area (Å²) in [7, 11) is 0. The van der Waals surface area contributed by atoms with Crippen molar-refractivity contribution in [3.8, 4) is 0 Å². The number of unbranched alkanes of at least 4 members (excludes halogenated alkanes) is 17. The second kappa shape index (κ2) is 27.3. The van der Waals surface area contributed by atoms with Gasteiger partial charge in [0.15, 0.2) is 0 Å². The van der Waals surface area contributed by atoms with Crippen LogP contribution >= 0.6 is 0 Å². The quantitative estimate of drug-likeness (QED) is 0.0292. The van der Waals surface area contributed by atoms with Crippen LogP contribution in [-0.4, -0.2) is 10.7 Å². The smallest absolute Gasteiger partial charge is 0.303 e. The Bertz CT molecular complexity index is 1190. The van der Waals surface area contributed by atoms with Crippen molar-refractivity contribution in [3.05, 3.63) is 87.5 Å². The SMILES string of the molecule is CCCCCCCCCCCCCCCCCc1cccc(C(=C(CCCC)C(=C=[N+]=[N-])CCCC)c2ccc(CCCC)cc2)c1. The van der Waals surface area contributed by atoms with Gasteiger partial charge in [-0.2, -0.15) is 0 Å². The number of rotatable bonds is 28. The number of hydrogen-bond acceptors (Lipinski definition) is 0. The molecule has 0 N–H and O–H groups in total. The monoisotopic (exact) mass is 639 g/mol. The van der Waals surface area contributed by atoms with E-state index in [2.05, 4.69) is 86.9 Å². The molecule has 0 unspecified atom stereocenters. The highest BCUT2D eigenvalue weighted by molar-refractivity contribution is 5.87. The molecule has 260 valence electrons. The first-order chi connectivity index (χ1) is 23.2. The van der Waals surface area contributed by atoms with Crippen molar-refractivity contribution in [1.29, 1.82) is 0 Å². The highest BCUT2D eigenvalue weighted by Crippen LogP contribution is 2.35. The van der Waals surface area contributed by atoms with Gasteiger partial charge in [-0.25, -0.2) is 0 Å². The molecule has 2 nitrogen and oxygen atoms in total. The lowest BCUT2D eigenvalue weighted by molar-refractivity contribution is 0.00739. The summed E-state index contributed by atoms with van der Waals surface area (Å²) in [6.07, 6.45) is 32.0. The molecular weight excluding hydrogens is 569 g/mol. The summed E-state index contributed by atoms with van der Waals surface area (Å²) in [5, 5.41) is 0. The predicted octanol–water partition coefficient (Wildman–Crippen LogP) is 14.5. The van der Waals surface area contributed by atoms with Crippen molar-refractivity contribution >= 4 is 11.4 Å². The maximum absolute atomic E-state index is 9.63. The molecule has 0 spiro atoms. The van der Waals surface area contributed by atoms with Crippen LogP contribution < -0.4 is 0 Å². The third-order valence-electron chi connectivity index (χ3n) is 9.76. The van der Waals surface area contributed by atoms with Gasteiger partial charge in [-0.05, 0) is 84.8 Å². The third kappa shape index (κ3) is 17.3. The van der Waals surface area contributed by atoms with Gasteiger partial charge in [0.25, 0.3) is 0 Å². The zero-order valence-corrected chi connectivity index (χ0v) is 31.2. The van der Waals surface area contributed by atoms with Crippen molar-refractivity contribution in [2.24, 2.45) is 0 Å². The molecule has 0 aliphatic rings. The normalized spacial score (nSPS) is 11.7. The van der Waals surface area contributed by atoms with Crippen LogP contribution in [0.5, 0.6) is 0 Å². The van der Waals surface area contributed by atoms with E-state index in [0.717, 1.165) is 56.9 Å². The van der Waals surface area contributed by atoms with E-state index < -0.39 is 0 Å². The van der Waals surface area contributed by atoms with Gasteiger partial charge < -0.3 is 5.53 Å². The fourth-order valence-corrected chi connectivity index (χ4v) is 6.79. The highest BCUT2D eigenvalue weighted by Gasteiger charge is 2.18. The van der Waals surface area contributed by atoms with E-state index in [4.69, 9.17) is 0 Å². The van der Waals surface area contributed by atoms with Crippen LogP contribution in [-0.2, 0) is 12.8 Å². The largest absolute Gasteiger partial charge is 0.348 e. The molecule has 2 heteroatoms. The highest BCUT2D eigenvalue weighted by atomic mass is 14.8. The van der Waals surface area contributed by atoms with E-state index in [9.17, 15) is 5.53 Å².